The maximum atomic E-state index is 6.45. The highest BCUT2D eigenvalue weighted by Crippen LogP contribution is 2.43. The van der Waals surface area contributed by atoms with E-state index in [9.17, 15) is 0 Å². The van der Waals surface area contributed by atoms with E-state index in [1.165, 1.54) is 22.3 Å². The molecule has 0 saturated heterocycles. The number of pyridine rings is 1. The van der Waals surface area contributed by atoms with Crippen LogP contribution in [-0.2, 0) is 22.3 Å². The molecule has 9 rings (SSSR count). The van der Waals surface area contributed by atoms with Crippen LogP contribution in [0.25, 0.3) is 21.8 Å². The molecule has 0 fully saturated rings. The second-order valence-corrected chi connectivity index (χ2v) is 10.6. The number of hydrogen-bond acceptors (Lipinski definition) is 5. The van der Waals surface area contributed by atoms with Crippen LogP contribution < -0.4 is 0 Å². The fourth-order valence-electron chi connectivity index (χ4n) is 6.69. The van der Waals surface area contributed by atoms with Crippen molar-refractivity contribution in [2.45, 2.75) is 37.1 Å². The highest BCUT2D eigenvalue weighted by molar-refractivity contribution is 6.12. The second kappa shape index (κ2) is 7.51. The summed E-state index contributed by atoms with van der Waals surface area (Å²) in [4.78, 5) is 15.3. The van der Waals surface area contributed by atoms with Gasteiger partial charge in [0.25, 0.3) is 0 Å². The normalized spacial score (nSPS) is 24.3. The molecule has 0 unspecified atom stereocenters. The lowest BCUT2D eigenvalue weighted by Gasteiger charge is -2.13. The molecule has 3 heterocycles. The Kier molecular flexibility index (Phi) is 4.06. The van der Waals surface area contributed by atoms with Crippen molar-refractivity contribution in [2.24, 2.45) is 9.98 Å². The minimum Gasteiger partial charge on any atom is -0.471 e. The largest absolute Gasteiger partial charge is 0.471 e. The molecule has 0 radical (unpaired) electrons. The molecule has 182 valence electrons. The van der Waals surface area contributed by atoms with Gasteiger partial charge in [-0.05, 0) is 40.5 Å². The number of rotatable bonds is 2. The van der Waals surface area contributed by atoms with Crippen LogP contribution in [0.5, 0.6) is 0 Å². The van der Waals surface area contributed by atoms with Crippen LogP contribution in [0.4, 0.5) is 0 Å². The number of fused-ring (bicyclic) bond motifs is 8. The molecule has 2 aliphatic heterocycles. The lowest BCUT2D eigenvalue weighted by atomic mass is 10.0. The first-order chi connectivity index (χ1) is 18.8. The van der Waals surface area contributed by atoms with Gasteiger partial charge in [0.15, 0.2) is 0 Å². The summed E-state index contributed by atoms with van der Waals surface area (Å²) >= 11 is 0. The van der Waals surface area contributed by atoms with Crippen molar-refractivity contribution in [3.8, 4) is 0 Å². The fourth-order valence-corrected chi connectivity index (χ4v) is 6.69. The lowest BCUT2D eigenvalue weighted by molar-refractivity contribution is 0.206. The Morgan fingerprint density at radius 2 is 1.05 bits per heavy atom. The van der Waals surface area contributed by atoms with E-state index >= 15 is 0 Å². The number of aliphatic imine (C=N–C) groups is 2. The third kappa shape index (κ3) is 2.84. The van der Waals surface area contributed by atoms with E-state index in [1.807, 2.05) is 0 Å². The van der Waals surface area contributed by atoms with Crippen LogP contribution in [0.1, 0.15) is 45.5 Å². The molecule has 0 N–H and O–H groups in total. The monoisotopic (exact) mass is 493 g/mol. The van der Waals surface area contributed by atoms with Gasteiger partial charge >= 0.3 is 0 Å². The molecule has 5 nitrogen and oxygen atoms in total. The predicted octanol–water partition coefficient (Wildman–Crippen LogP) is 6.27. The minimum atomic E-state index is 0.0519. The number of hydrogen-bond donors (Lipinski definition) is 0. The molecule has 0 amide bonds. The summed E-state index contributed by atoms with van der Waals surface area (Å²) in [6, 6.07) is 31.8. The molecule has 4 aliphatic rings. The van der Waals surface area contributed by atoms with Crippen molar-refractivity contribution in [2.75, 3.05) is 0 Å². The molecule has 4 atom stereocenters. The van der Waals surface area contributed by atoms with Crippen LogP contribution in [0.3, 0.4) is 0 Å². The smallest absolute Gasteiger partial charge is 0.219 e. The Morgan fingerprint density at radius 1 is 0.553 bits per heavy atom. The standard InChI is InChI=1S/C33H23N3O2/c1-3-11-22-18(7-1)16-26-30(22)35-32(37-26)24-13-5-9-20-15-21-10-6-14-25(29(21)34-28(20)24)33-36-31-23-12-4-2-8-19(23)17-27(31)38-33/h1-15,26-27,30-31H,16-17H2/t26-,27-,30+,31+/m0/s1. The summed E-state index contributed by atoms with van der Waals surface area (Å²) in [5, 5.41) is 2.13. The van der Waals surface area contributed by atoms with Gasteiger partial charge in [-0.3, -0.25) is 0 Å². The fraction of sp³-hybridized carbons (Fsp3) is 0.182. The van der Waals surface area contributed by atoms with Crippen molar-refractivity contribution < 1.29 is 9.47 Å². The molecule has 1 aromatic heterocycles. The SMILES string of the molecule is c1ccc2c(c1)C[C@@H]1OC(c3cccc4cc5cccc(C6=N[C@@H]7c8ccccc8C[C@@H]7O6)c5nc34)=N[C@H]21. The topological polar surface area (TPSA) is 56.1 Å². The second-order valence-electron chi connectivity index (χ2n) is 10.6. The third-order valence-electron chi connectivity index (χ3n) is 8.46. The first-order valence-electron chi connectivity index (χ1n) is 13.3. The Bertz CT molecular complexity index is 1740. The third-order valence-corrected chi connectivity index (χ3v) is 8.46. The number of aromatic nitrogens is 1. The Hall–Kier alpha value is -4.51. The summed E-state index contributed by atoms with van der Waals surface area (Å²) in [6.07, 6.45) is 1.89. The zero-order valence-corrected chi connectivity index (χ0v) is 20.5. The van der Waals surface area contributed by atoms with Gasteiger partial charge in [0.2, 0.25) is 11.8 Å². The highest BCUT2D eigenvalue weighted by atomic mass is 16.5. The average molecular weight is 494 g/mol. The predicted molar refractivity (Wildman–Crippen MR) is 148 cm³/mol. The molecule has 2 aliphatic carbocycles. The Balaban J connectivity index is 1.17. The van der Waals surface area contributed by atoms with E-state index in [4.69, 9.17) is 24.4 Å². The van der Waals surface area contributed by atoms with Gasteiger partial charge < -0.3 is 9.47 Å². The van der Waals surface area contributed by atoms with Crippen molar-refractivity contribution in [1.82, 2.24) is 4.98 Å². The van der Waals surface area contributed by atoms with Gasteiger partial charge in [-0.25, -0.2) is 15.0 Å². The Labute approximate surface area is 219 Å². The highest BCUT2D eigenvalue weighted by Gasteiger charge is 2.41. The zero-order chi connectivity index (χ0) is 24.8. The van der Waals surface area contributed by atoms with Gasteiger partial charge in [0.1, 0.15) is 24.3 Å². The number of ether oxygens (including phenoxy) is 2. The van der Waals surface area contributed by atoms with Crippen molar-refractivity contribution >= 4 is 33.6 Å². The first-order valence-corrected chi connectivity index (χ1v) is 13.3. The molecule has 4 aromatic carbocycles. The maximum absolute atomic E-state index is 6.45. The van der Waals surface area contributed by atoms with Crippen molar-refractivity contribution in [3.63, 3.8) is 0 Å². The van der Waals surface area contributed by atoms with E-state index in [1.54, 1.807) is 0 Å². The molecule has 5 heteroatoms. The van der Waals surface area contributed by atoms with Crippen LogP contribution >= 0.6 is 0 Å². The minimum absolute atomic E-state index is 0.0519. The van der Waals surface area contributed by atoms with Crippen molar-refractivity contribution in [3.05, 3.63) is 124 Å². The van der Waals surface area contributed by atoms with Crippen LogP contribution in [0.15, 0.2) is 101 Å². The molecule has 0 bridgehead atoms. The number of benzene rings is 4. The van der Waals surface area contributed by atoms with E-state index in [0.717, 1.165) is 45.8 Å². The van der Waals surface area contributed by atoms with Gasteiger partial charge in [0.05, 0.1) is 22.2 Å². The summed E-state index contributed by atoms with van der Waals surface area (Å²) < 4.78 is 12.9. The molecular formula is C33H23N3O2. The molecule has 0 spiro atoms. The van der Waals surface area contributed by atoms with E-state index in [-0.39, 0.29) is 24.3 Å². The average Bonchev–Trinajstić information content (AvgIpc) is 3.70. The molecule has 38 heavy (non-hydrogen) atoms. The van der Waals surface area contributed by atoms with Gasteiger partial charge in [-0.2, -0.15) is 0 Å². The van der Waals surface area contributed by atoms with E-state index in [2.05, 4.69) is 91.0 Å². The molecular weight excluding hydrogens is 470 g/mol. The van der Waals surface area contributed by atoms with E-state index in [0.29, 0.717) is 11.8 Å². The first kappa shape index (κ1) is 20.5. The molecule has 5 aromatic rings. The number of nitrogens with zero attached hydrogens (tertiary/aromatic N) is 3. The quantitative estimate of drug-likeness (QED) is 0.272. The van der Waals surface area contributed by atoms with Gasteiger partial charge in [-0.15, -0.1) is 0 Å². The summed E-state index contributed by atoms with van der Waals surface area (Å²) in [6.45, 7) is 0. The summed E-state index contributed by atoms with van der Waals surface area (Å²) in [7, 11) is 0. The van der Waals surface area contributed by atoms with Gasteiger partial charge in [-0.1, -0.05) is 72.8 Å². The Morgan fingerprint density at radius 3 is 1.58 bits per heavy atom. The molecule has 0 saturated carbocycles. The summed E-state index contributed by atoms with van der Waals surface area (Å²) in [5.74, 6) is 1.37. The van der Waals surface area contributed by atoms with Crippen molar-refractivity contribution in [1.29, 1.82) is 0 Å². The van der Waals surface area contributed by atoms with Crippen LogP contribution in [0, 0.1) is 0 Å². The van der Waals surface area contributed by atoms with Gasteiger partial charge in [0, 0.05) is 23.6 Å². The van der Waals surface area contributed by atoms with E-state index < -0.39 is 0 Å². The maximum Gasteiger partial charge on any atom is 0.219 e. The lowest BCUT2D eigenvalue weighted by Crippen LogP contribution is -2.14. The summed E-state index contributed by atoms with van der Waals surface area (Å²) in [5.41, 5.74) is 8.88. The number of para-hydroxylation sites is 2. The van der Waals surface area contributed by atoms with Crippen LogP contribution in [0.2, 0.25) is 0 Å². The van der Waals surface area contributed by atoms with Crippen LogP contribution in [-0.4, -0.2) is 29.0 Å². The zero-order valence-electron chi connectivity index (χ0n) is 20.5.